The van der Waals surface area contributed by atoms with E-state index >= 15 is 0 Å². The number of ketones is 1. The molecule has 2 heterocycles. The Morgan fingerprint density at radius 1 is 0.600 bits per heavy atom. The maximum absolute atomic E-state index is 12.9. The van der Waals surface area contributed by atoms with Gasteiger partial charge in [-0.1, -0.05) is 172 Å². The second kappa shape index (κ2) is 34.4. The standard InChI is InChI=1S/C84H93B2N5O12S2/c1-59(2)79(92)34-19-20-48-88(55-65-24-9-15-30-75(65)85(94)95)58-72-68-27-12-11-26-67(68)71(57-89(49-21-47-87-82(93)60(3)4)56-66-25-10-16-31-76(66)86(96)97)69-44-43-64(54-70(69)72)63-41-37-61(38-42-63)35-36-62(39-45-80-83(5,6)73-28-13-17-32-77(73)90(80)50-22-52-104(98,99)100)40-46-81-84(7,8)74-29-14-18-33-78(74)91(81)51-23-53-105(101,102)103/h9-18,24-33,37-46,54,94-97H,1,3,19-23,34,47-53,55-58H2,2,4-8H3,(H2-,87,93,98,99,100,101,102,103)/p+1. The molecular formula is C84H94B2N5O12S2+. The minimum absolute atomic E-state index is 0.0110. The molecule has 0 aromatic heterocycles. The molecule has 0 spiro atoms. The van der Waals surface area contributed by atoms with Gasteiger partial charge in [0.15, 0.2) is 11.5 Å². The van der Waals surface area contributed by atoms with Crippen LogP contribution in [0.2, 0.25) is 0 Å². The van der Waals surface area contributed by atoms with Gasteiger partial charge in [0.25, 0.3) is 20.2 Å². The van der Waals surface area contributed by atoms with Gasteiger partial charge in [0.1, 0.15) is 6.54 Å². The molecule has 10 rings (SSSR count). The van der Waals surface area contributed by atoms with Crippen molar-refractivity contribution in [2.75, 3.05) is 49.1 Å². The maximum atomic E-state index is 12.9. The van der Waals surface area contributed by atoms with Crippen molar-refractivity contribution in [3.8, 4) is 23.0 Å². The molecule has 2 aliphatic rings. The summed E-state index contributed by atoms with van der Waals surface area (Å²) in [5.74, 6) is 5.92. The Kier molecular flexibility index (Phi) is 25.7. The van der Waals surface area contributed by atoms with Gasteiger partial charge in [0, 0.05) is 110 Å². The third kappa shape index (κ3) is 19.7. The number of Topliss-reactive ketones (excluding diaryl/α,β-unsaturated/α-hetero) is 1. The van der Waals surface area contributed by atoms with Gasteiger partial charge < -0.3 is 30.3 Å². The van der Waals surface area contributed by atoms with Crippen molar-refractivity contribution in [2.24, 2.45) is 0 Å². The van der Waals surface area contributed by atoms with Crippen molar-refractivity contribution < 1.29 is 60.2 Å². The van der Waals surface area contributed by atoms with Crippen LogP contribution in [-0.2, 0) is 66.8 Å². The quantitative estimate of drug-likeness (QED) is 0.00295. The minimum Gasteiger partial charge on any atom is -0.423 e. The molecule has 0 bridgehead atoms. The first-order valence-electron chi connectivity index (χ1n) is 35.6. The molecule has 0 saturated carbocycles. The van der Waals surface area contributed by atoms with Crippen LogP contribution in [0.5, 0.6) is 0 Å². The summed E-state index contributed by atoms with van der Waals surface area (Å²) in [5, 5.41) is 49.5. The zero-order chi connectivity index (χ0) is 75.4. The van der Waals surface area contributed by atoms with E-state index in [0.29, 0.717) is 112 Å². The van der Waals surface area contributed by atoms with Crippen LogP contribution < -0.4 is 21.1 Å². The van der Waals surface area contributed by atoms with E-state index in [-0.39, 0.29) is 24.5 Å². The normalized spacial score (nSPS) is 14.5. The third-order valence-corrected chi connectivity index (χ3v) is 21.6. The first kappa shape index (κ1) is 78.4. The van der Waals surface area contributed by atoms with E-state index in [1.54, 1.807) is 38.1 Å². The molecule has 0 fully saturated rings. The molecule has 0 aliphatic carbocycles. The number of rotatable bonds is 33. The summed E-state index contributed by atoms with van der Waals surface area (Å²) in [5.41, 5.74) is 13.2. The zero-order valence-electron chi connectivity index (χ0n) is 60.7. The lowest BCUT2D eigenvalue weighted by Gasteiger charge is -2.28. The van der Waals surface area contributed by atoms with Crippen molar-refractivity contribution >= 4 is 95.7 Å². The summed E-state index contributed by atoms with van der Waals surface area (Å²) in [7, 11) is -11.9. The van der Waals surface area contributed by atoms with Gasteiger partial charge in [0.05, 0.1) is 16.9 Å². The van der Waals surface area contributed by atoms with Crippen LogP contribution in [0, 0.1) is 11.8 Å². The average Bonchev–Trinajstić information content (AvgIpc) is 1.72. The van der Waals surface area contributed by atoms with Crippen LogP contribution in [-0.4, -0.2) is 136 Å². The van der Waals surface area contributed by atoms with Crippen molar-refractivity contribution in [1.29, 1.82) is 0 Å². The van der Waals surface area contributed by atoms with Crippen LogP contribution in [0.3, 0.4) is 0 Å². The Morgan fingerprint density at radius 3 is 1.75 bits per heavy atom. The fraction of sp³-hybridized carbons (Fsp3) is 0.298. The number of anilines is 1. The van der Waals surface area contributed by atoms with Crippen molar-refractivity contribution in [3.05, 3.63) is 263 Å². The molecule has 0 unspecified atom stereocenters. The molecule has 0 radical (unpaired) electrons. The number of nitrogens with zero attached hydrogens (tertiary/aromatic N) is 4. The van der Waals surface area contributed by atoms with Crippen LogP contribution in [0.4, 0.5) is 11.4 Å². The first-order chi connectivity index (χ1) is 50.0. The molecule has 8 aromatic carbocycles. The SMILES string of the molecule is C=C(C)C(=O)CCCCN(Cc1ccccc1B(O)O)Cc1c2ccccc2c(CN(CCCNC(=O)C(=C)C)Cc2ccccc2B(O)O)c2ccc(-c3ccc(C#CC(C=CC4=[N+](CCCS(=O)(=O)O)c5ccccc5C4(C)C)=CC=C4N(CCCS(=O)(=O)O)c5ccccc5C4(C)C)cc3)cc12. The van der Waals surface area contributed by atoms with Gasteiger partial charge in [-0.25, -0.2) is 0 Å². The highest BCUT2D eigenvalue weighted by Crippen LogP contribution is 2.48. The minimum atomic E-state index is -4.23. The number of amides is 1. The number of unbranched alkanes of at least 4 members (excludes halogenated alkanes) is 1. The van der Waals surface area contributed by atoms with Crippen molar-refractivity contribution in [2.45, 2.75) is 117 Å². The van der Waals surface area contributed by atoms with E-state index in [4.69, 9.17) is 0 Å². The highest BCUT2D eigenvalue weighted by Gasteiger charge is 2.44. The summed E-state index contributed by atoms with van der Waals surface area (Å²) in [6.45, 7) is 23.3. The number of nitrogens with one attached hydrogen (secondary N) is 1. The number of hydrogen-bond donors (Lipinski definition) is 7. The lowest BCUT2D eigenvalue weighted by Crippen LogP contribution is -2.36. The van der Waals surface area contributed by atoms with E-state index in [9.17, 15) is 55.6 Å². The van der Waals surface area contributed by atoms with Crippen molar-refractivity contribution in [3.63, 3.8) is 0 Å². The highest BCUT2D eigenvalue weighted by molar-refractivity contribution is 7.86. The van der Waals surface area contributed by atoms with Gasteiger partial charge in [0.2, 0.25) is 11.6 Å². The zero-order valence-corrected chi connectivity index (χ0v) is 62.4. The second-order valence-electron chi connectivity index (χ2n) is 28.5. The van der Waals surface area contributed by atoms with Crippen LogP contribution in [0.25, 0.3) is 32.7 Å². The van der Waals surface area contributed by atoms with Gasteiger partial charge in [-0.2, -0.15) is 21.4 Å². The van der Waals surface area contributed by atoms with Gasteiger partial charge >= 0.3 is 14.2 Å². The molecule has 105 heavy (non-hydrogen) atoms. The molecule has 1 amide bonds. The largest absolute Gasteiger partial charge is 0.488 e. The predicted molar refractivity (Wildman–Crippen MR) is 424 cm³/mol. The summed E-state index contributed by atoms with van der Waals surface area (Å²) >= 11 is 0. The molecule has 17 nitrogen and oxygen atoms in total. The smallest absolute Gasteiger partial charge is 0.423 e. The number of carbonyl (C=O) groups is 2. The Bertz CT molecular complexity index is 5030. The lowest BCUT2D eigenvalue weighted by molar-refractivity contribution is -0.437. The van der Waals surface area contributed by atoms with Crippen molar-refractivity contribution in [1.82, 2.24) is 15.1 Å². The fourth-order valence-electron chi connectivity index (χ4n) is 14.5. The number of allylic oxidation sites excluding steroid dienone is 7. The summed E-state index contributed by atoms with van der Waals surface area (Å²) in [6.07, 6.45) is 10.6. The predicted octanol–water partition coefficient (Wildman–Crippen LogP) is 11.6. The molecule has 0 saturated heterocycles. The van der Waals surface area contributed by atoms with Crippen LogP contribution >= 0.6 is 0 Å². The van der Waals surface area contributed by atoms with Gasteiger partial charge in [-0.3, -0.25) is 28.5 Å². The van der Waals surface area contributed by atoms with E-state index in [0.717, 1.165) is 94.4 Å². The lowest BCUT2D eigenvalue weighted by atomic mass is 9.77. The van der Waals surface area contributed by atoms with E-state index in [1.807, 2.05) is 121 Å². The molecule has 2 aliphatic heterocycles. The number of para-hydroxylation sites is 2. The average molecular weight is 1450 g/mol. The van der Waals surface area contributed by atoms with Crippen LogP contribution in [0.1, 0.15) is 119 Å². The second-order valence-corrected chi connectivity index (χ2v) is 31.6. The van der Waals surface area contributed by atoms with Gasteiger partial charge in [-0.05, 0) is 179 Å². The Morgan fingerprint density at radius 2 is 1.14 bits per heavy atom. The molecule has 7 N–H and O–H groups in total. The summed E-state index contributed by atoms with van der Waals surface area (Å²) < 4.78 is 69.7. The first-order valence-corrected chi connectivity index (χ1v) is 38.9. The number of benzene rings is 8. The molecule has 21 heteroatoms. The third-order valence-electron chi connectivity index (χ3n) is 20.0. The fourth-order valence-corrected chi connectivity index (χ4v) is 15.5. The number of carbonyl (C=O) groups excluding carboxylic acids is 2. The number of fused-ring (bicyclic) bond motifs is 4. The highest BCUT2D eigenvalue weighted by atomic mass is 32.2. The van der Waals surface area contributed by atoms with Gasteiger partial charge in [-0.15, -0.1) is 0 Å². The Balaban J connectivity index is 1.09. The monoisotopic (exact) mass is 1450 g/mol. The Hall–Kier alpha value is -9.14. The number of hydrogen-bond acceptors (Lipinski definition) is 13. The summed E-state index contributed by atoms with van der Waals surface area (Å²) in [6, 6.07) is 53.5. The molecule has 544 valence electrons. The van der Waals surface area contributed by atoms with E-state index < -0.39 is 56.8 Å². The Labute approximate surface area is 619 Å². The maximum Gasteiger partial charge on any atom is 0.488 e. The van der Waals surface area contributed by atoms with E-state index in [1.165, 1.54) is 0 Å². The summed E-state index contributed by atoms with van der Waals surface area (Å²) in [4.78, 5) is 32.2. The molecule has 8 aromatic rings. The molecule has 0 atom stereocenters. The topological polar surface area (TPSA) is 249 Å². The van der Waals surface area contributed by atoms with Crippen LogP contribution in [0.15, 0.2) is 224 Å². The molecular weight excluding hydrogens is 1360 g/mol. The van der Waals surface area contributed by atoms with E-state index in [2.05, 4.69) is 120 Å².